The summed E-state index contributed by atoms with van der Waals surface area (Å²) in [5.41, 5.74) is 12.9. The molecular weight excluding hydrogens is 635 g/mol. The van der Waals surface area contributed by atoms with Crippen molar-refractivity contribution in [2.24, 2.45) is 0 Å². The number of benzene rings is 3. The van der Waals surface area contributed by atoms with Gasteiger partial charge in [-0.1, -0.05) is 43.3 Å². The number of fused-ring (bicyclic) bond motifs is 1. The van der Waals surface area contributed by atoms with Gasteiger partial charge < -0.3 is 30.6 Å². The van der Waals surface area contributed by atoms with Crippen LogP contribution < -0.4 is 26.0 Å². The summed E-state index contributed by atoms with van der Waals surface area (Å²) in [7, 11) is 3.71. The van der Waals surface area contributed by atoms with Gasteiger partial charge in [0.05, 0.1) is 41.4 Å². The number of rotatable bonds is 11. The average Bonchev–Trinajstić information content (AvgIpc) is 3.21. The standard InChI is InChI=1S/C38H49N7O3S/c1-9-29-23-45(49(47)33-14-12-11-13-32(33)48-29)22-27-19-26(16-15-24(27)3)34(30-17-18-31(40-10-2)35(39)25(30)4)38(5,6)43-36(46)28-20-41-37(42-21-28)44(7)8/h11-21,29,34,40H,9-10,22-23,39H2,1-8H3,(H,43,46)/t29-,34?,49?/m1/s1. The third-order valence-electron chi connectivity index (χ3n) is 9.17. The number of aryl methyl sites for hydroxylation is 1. The maximum Gasteiger partial charge on any atom is 0.254 e. The number of para-hydroxylation sites is 1. The molecule has 0 aliphatic carbocycles. The van der Waals surface area contributed by atoms with E-state index in [9.17, 15) is 9.35 Å². The fraction of sp³-hybridized carbons (Fsp3) is 0.395. The van der Waals surface area contributed by atoms with Crippen molar-refractivity contribution in [1.29, 1.82) is 0 Å². The van der Waals surface area contributed by atoms with E-state index in [1.807, 2.05) is 76.4 Å². The van der Waals surface area contributed by atoms with Crippen LogP contribution in [-0.4, -0.2) is 63.6 Å². The van der Waals surface area contributed by atoms with Crippen LogP contribution in [-0.2, 0) is 17.9 Å². The Morgan fingerprint density at radius 1 is 1.12 bits per heavy atom. The molecule has 260 valence electrons. The minimum Gasteiger partial charge on any atom is -0.593 e. The van der Waals surface area contributed by atoms with Gasteiger partial charge in [-0.2, -0.15) is 0 Å². The number of nitrogens with two attached hydrogens (primary N) is 1. The fourth-order valence-electron chi connectivity index (χ4n) is 6.40. The molecule has 1 amide bonds. The summed E-state index contributed by atoms with van der Waals surface area (Å²) >= 11 is -1.40. The Balaban J connectivity index is 1.55. The molecule has 5 rings (SSSR count). The van der Waals surface area contributed by atoms with Crippen LogP contribution in [0.2, 0.25) is 0 Å². The van der Waals surface area contributed by atoms with Crippen molar-refractivity contribution >= 4 is 34.6 Å². The first-order chi connectivity index (χ1) is 23.3. The molecule has 4 aromatic rings. The molecule has 3 atom stereocenters. The third-order valence-corrected chi connectivity index (χ3v) is 10.6. The Kier molecular flexibility index (Phi) is 11.1. The van der Waals surface area contributed by atoms with Crippen molar-refractivity contribution in [3.63, 3.8) is 0 Å². The van der Waals surface area contributed by atoms with Crippen LogP contribution in [0.5, 0.6) is 5.75 Å². The lowest BCUT2D eigenvalue weighted by Crippen LogP contribution is -2.48. The van der Waals surface area contributed by atoms with Gasteiger partial charge in [-0.05, 0) is 87.1 Å². The molecule has 0 saturated heterocycles. The number of carbonyl (C=O) groups is 1. The van der Waals surface area contributed by atoms with Crippen LogP contribution >= 0.6 is 0 Å². The summed E-state index contributed by atoms with van der Waals surface area (Å²) in [5.74, 6) is 0.636. The molecule has 0 fully saturated rings. The molecule has 4 N–H and O–H groups in total. The zero-order chi connectivity index (χ0) is 35.5. The van der Waals surface area contributed by atoms with Crippen LogP contribution in [0, 0.1) is 13.8 Å². The maximum atomic E-state index is 14.0. The highest BCUT2D eigenvalue weighted by Gasteiger charge is 2.37. The maximum absolute atomic E-state index is 14.0. The van der Waals surface area contributed by atoms with Gasteiger partial charge in [0.2, 0.25) is 10.8 Å². The second kappa shape index (κ2) is 15.1. The molecular formula is C38H49N7O3S. The van der Waals surface area contributed by atoms with Crippen LogP contribution in [0.25, 0.3) is 0 Å². The SMILES string of the molecule is CCNc1ccc(C(c2ccc(C)c(CN3C[C@@H](CC)Oc4ccccc4[S+]3[O-])c2)C(C)(C)NC(=O)c2cnc(N(C)C)nc2)c(C)c1N. The number of nitrogens with one attached hydrogen (secondary N) is 2. The topological polar surface area (TPSA) is 132 Å². The number of aromatic nitrogens is 2. The summed E-state index contributed by atoms with van der Waals surface area (Å²) in [6.45, 7) is 14.0. The zero-order valence-electron chi connectivity index (χ0n) is 29.8. The van der Waals surface area contributed by atoms with Gasteiger partial charge in [0.15, 0.2) is 5.75 Å². The van der Waals surface area contributed by atoms with E-state index in [1.165, 1.54) is 0 Å². The van der Waals surface area contributed by atoms with Crippen molar-refractivity contribution in [3.05, 3.63) is 100 Å². The van der Waals surface area contributed by atoms with Gasteiger partial charge in [0, 0.05) is 44.5 Å². The molecule has 1 aromatic heterocycles. The molecule has 1 aliphatic rings. The predicted octanol–water partition coefficient (Wildman–Crippen LogP) is 6.21. The first kappa shape index (κ1) is 36.0. The van der Waals surface area contributed by atoms with Crippen LogP contribution in [0.3, 0.4) is 0 Å². The number of nitrogens with zero attached hydrogens (tertiary/aromatic N) is 4. The Morgan fingerprint density at radius 3 is 2.51 bits per heavy atom. The van der Waals surface area contributed by atoms with E-state index in [0.29, 0.717) is 40.9 Å². The molecule has 0 bridgehead atoms. The molecule has 0 saturated carbocycles. The summed E-state index contributed by atoms with van der Waals surface area (Å²) in [6, 6.07) is 18.1. The third kappa shape index (κ3) is 7.79. The Morgan fingerprint density at radius 2 is 1.84 bits per heavy atom. The number of ether oxygens (including phenoxy) is 1. The van der Waals surface area contributed by atoms with Crippen LogP contribution in [0.1, 0.15) is 78.2 Å². The Hall–Kier alpha value is -4.32. The van der Waals surface area contributed by atoms with E-state index in [4.69, 9.17) is 10.5 Å². The smallest absolute Gasteiger partial charge is 0.254 e. The van der Waals surface area contributed by atoms with Gasteiger partial charge in [0.25, 0.3) is 5.91 Å². The zero-order valence-corrected chi connectivity index (χ0v) is 30.6. The Labute approximate surface area is 293 Å². The minimum atomic E-state index is -1.40. The van der Waals surface area contributed by atoms with Crippen molar-refractivity contribution < 1.29 is 14.1 Å². The molecule has 0 spiro atoms. The van der Waals surface area contributed by atoms with E-state index in [-0.39, 0.29) is 17.9 Å². The van der Waals surface area contributed by atoms with Gasteiger partial charge in [-0.3, -0.25) is 4.79 Å². The quantitative estimate of drug-likeness (QED) is 0.125. The van der Waals surface area contributed by atoms with E-state index in [2.05, 4.69) is 58.7 Å². The number of carbonyl (C=O) groups excluding carboxylic acids is 1. The summed E-state index contributed by atoms with van der Waals surface area (Å²) in [4.78, 5) is 24.9. The molecule has 49 heavy (non-hydrogen) atoms. The van der Waals surface area contributed by atoms with Gasteiger partial charge in [-0.15, -0.1) is 4.31 Å². The first-order valence-corrected chi connectivity index (χ1v) is 17.9. The van der Waals surface area contributed by atoms with Crippen molar-refractivity contribution in [2.75, 3.05) is 43.1 Å². The highest BCUT2D eigenvalue weighted by atomic mass is 32.2. The van der Waals surface area contributed by atoms with Gasteiger partial charge in [0.1, 0.15) is 6.10 Å². The van der Waals surface area contributed by atoms with Gasteiger partial charge >= 0.3 is 0 Å². The van der Waals surface area contributed by atoms with Crippen molar-refractivity contribution in [1.82, 2.24) is 19.6 Å². The number of hydrogen-bond acceptors (Lipinski definition) is 9. The van der Waals surface area contributed by atoms with Crippen molar-refractivity contribution in [3.8, 4) is 5.75 Å². The van der Waals surface area contributed by atoms with E-state index >= 15 is 0 Å². The van der Waals surface area contributed by atoms with E-state index in [1.54, 1.807) is 17.3 Å². The minimum absolute atomic E-state index is 0.0883. The van der Waals surface area contributed by atoms with Gasteiger partial charge in [-0.25, -0.2) is 9.97 Å². The molecule has 3 aromatic carbocycles. The number of amides is 1. The highest BCUT2D eigenvalue weighted by molar-refractivity contribution is 7.89. The molecule has 2 heterocycles. The molecule has 10 nitrogen and oxygen atoms in total. The van der Waals surface area contributed by atoms with Crippen molar-refractivity contribution in [2.45, 2.75) is 77.0 Å². The van der Waals surface area contributed by atoms with Crippen LogP contribution in [0.4, 0.5) is 17.3 Å². The lowest BCUT2D eigenvalue weighted by molar-refractivity contribution is 0.0905. The monoisotopic (exact) mass is 683 g/mol. The second-order valence-corrected chi connectivity index (χ2v) is 14.9. The largest absolute Gasteiger partial charge is 0.593 e. The number of anilines is 3. The molecule has 2 unspecified atom stereocenters. The second-order valence-electron chi connectivity index (χ2n) is 13.4. The number of nitrogen functional groups attached to an aromatic ring is 1. The normalized spacial score (nSPS) is 17.0. The Bertz CT molecular complexity index is 1780. The highest BCUT2D eigenvalue weighted by Crippen LogP contribution is 2.41. The number of hydrogen-bond donors (Lipinski definition) is 3. The summed E-state index contributed by atoms with van der Waals surface area (Å²) < 4.78 is 22.3. The molecule has 1 aliphatic heterocycles. The first-order valence-electron chi connectivity index (χ1n) is 16.8. The van der Waals surface area contributed by atoms with Crippen LogP contribution in [0.15, 0.2) is 71.9 Å². The lowest BCUT2D eigenvalue weighted by Gasteiger charge is -2.38. The molecule has 0 radical (unpaired) electrons. The summed E-state index contributed by atoms with van der Waals surface area (Å²) in [5, 5.41) is 6.65. The van der Waals surface area contributed by atoms with E-state index < -0.39 is 16.9 Å². The van der Waals surface area contributed by atoms with E-state index in [0.717, 1.165) is 46.5 Å². The summed E-state index contributed by atoms with van der Waals surface area (Å²) in [6.07, 6.45) is 3.81. The molecule has 11 heteroatoms. The fourth-order valence-corrected chi connectivity index (χ4v) is 7.72. The average molecular weight is 684 g/mol. The predicted molar refractivity (Wildman–Crippen MR) is 199 cm³/mol. The lowest BCUT2D eigenvalue weighted by atomic mass is 9.74.